The van der Waals surface area contributed by atoms with Gasteiger partial charge in [-0.3, -0.25) is 4.99 Å². The van der Waals surface area contributed by atoms with Crippen LogP contribution < -0.4 is 14.2 Å². The summed E-state index contributed by atoms with van der Waals surface area (Å²) in [6, 6.07) is 10.8. The Morgan fingerprint density at radius 3 is 2.38 bits per heavy atom. The minimum Gasteiger partial charge on any atom is -0.493 e. The Hall–Kier alpha value is -3.48. The lowest BCUT2D eigenvalue weighted by Gasteiger charge is -2.13. The molecule has 1 heterocycles. The summed E-state index contributed by atoms with van der Waals surface area (Å²) in [5, 5.41) is 1.06. The summed E-state index contributed by atoms with van der Waals surface area (Å²) >= 11 is 0. The number of para-hydroxylation sites is 1. The Kier molecular flexibility index (Phi) is 6.39. The van der Waals surface area contributed by atoms with Crippen LogP contribution in [0.5, 0.6) is 17.2 Å². The smallest absolute Gasteiger partial charge is 0.330 e. The second-order valence-electron chi connectivity index (χ2n) is 6.34. The van der Waals surface area contributed by atoms with Crippen molar-refractivity contribution in [1.82, 2.24) is 4.98 Å². The first-order valence-electron chi connectivity index (χ1n) is 9.07. The number of aromatic nitrogens is 1. The highest BCUT2D eigenvalue weighted by molar-refractivity contribution is 5.87. The van der Waals surface area contributed by atoms with Crippen molar-refractivity contribution in [3.05, 3.63) is 53.7 Å². The molecule has 29 heavy (non-hydrogen) atoms. The molecule has 1 aromatic heterocycles. The Morgan fingerprint density at radius 2 is 1.76 bits per heavy atom. The number of carbonyl (C=O) groups excluding carboxylic acids is 1. The van der Waals surface area contributed by atoms with Crippen LogP contribution in [0.15, 0.2) is 47.6 Å². The van der Waals surface area contributed by atoms with Gasteiger partial charge in [0.05, 0.1) is 28.4 Å². The van der Waals surface area contributed by atoms with Crippen LogP contribution in [0.25, 0.3) is 10.9 Å². The van der Waals surface area contributed by atoms with E-state index in [0.29, 0.717) is 29.2 Å². The van der Waals surface area contributed by atoms with E-state index in [9.17, 15) is 4.79 Å². The lowest BCUT2D eigenvalue weighted by Crippen LogP contribution is -2.23. The second-order valence-corrected chi connectivity index (χ2v) is 6.34. The van der Waals surface area contributed by atoms with E-state index in [0.717, 1.165) is 16.5 Å². The molecule has 0 radical (unpaired) electrons. The van der Waals surface area contributed by atoms with Gasteiger partial charge in [-0.2, -0.15) is 0 Å². The summed E-state index contributed by atoms with van der Waals surface area (Å²) < 4.78 is 21.0. The topological polar surface area (TPSA) is 82.1 Å². The van der Waals surface area contributed by atoms with Gasteiger partial charge in [-0.05, 0) is 29.3 Å². The maximum Gasteiger partial charge on any atom is 0.330 e. The van der Waals surface area contributed by atoms with Crippen molar-refractivity contribution in [3.63, 3.8) is 0 Å². The van der Waals surface area contributed by atoms with Crippen molar-refractivity contribution in [2.45, 2.75) is 12.5 Å². The Balaban J connectivity index is 1.91. The Labute approximate surface area is 169 Å². The minimum atomic E-state index is -0.682. The summed E-state index contributed by atoms with van der Waals surface area (Å²) in [6.07, 6.45) is 3.92. The highest BCUT2D eigenvalue weighted by atomic mass is 16.5. The van der Waals surface area contributed by atoms with E-state index >= 15 is 0 Å². The number of H-pyrrole nitrogens is 1. The van der Waals surface area contributed by atoms with Gasteiger partial charge in [-0.15, -0.1) is 0 Å². The number of aliphatic imine (C=N–C) groups is 1. The summed E-state index contributed by atoms with van der Waals surface area (Å²) in [7, 11) is 6.00. The number of benzene rings is 2. The van der Waals surface area contributed by atoms with E-state index in [2.05, 4.69) is 9.98 Å². The first kappa shape index (κ1) is 20.3. The van der Waals surface area contributed by atoms with Gasteiger partial charge in [0.25, 0.3) is 0 Å². The van der Waals surface area contributed by atoms with E-state index in [-0.39, 0.29) is 0 Å². The van der Waals surface area contributed by atoms with Crippen LogP contribution >= 0.6 is 0 Å². The minimum absolute atomic E-state index is 0.404. The van der Waals surface area contributed by atoms with E-state index in [1.807, 2.05) is 30.5 Å². The number of methoxy groups -OCH3 is 4. The van der Waals surface area contributed by atoms with Crippen LogP contribution in [-0.4, -0.2) is 51.6 Å². The molecule has 0 bridgehead atoms. The standard InChI is InChI=1S/C22H24N2O5/c1-26-19-9-14(10-20(27-2)21(19)28-3)12-23-18(22(25)29-4)11-15-13-24-17-8-6-5-7-16(15)17/h5-10,12-13,18,24H,11H2,1-4H3/t18-/m0/s1. The van der Waals surface area contributed by atoms with Crippen molar-refractivity contribution in [3.8, 4) is 17.2 Å². The quantitative estimate of drug-likeness (QED) is 0.466. The van der Waals surface area contributed by atoms with Crippen LogP contribution in [0, 0.1) is 0 Å². The van der Waals surface area contributed by atoms with Crippen molar-refractivity contribution in [2.24, 2.45) is 4.99 Å². The molecular formula is C22H24N2O5. The zero-order valence-electron chi connectivity index (χ0n) is 16.9. The fourth-order valence-electron chi connectivity index (χ4n) is 3.19. The third kappa shape index (κ3) is 4.34. The molecule has 0 saturated heterocycles. The normalized spacial score (nSPS) is 12.1. The van der Waals surface area contributed by atoms with Gasteiger partial charge in [0.15, 0.2) is 17.5 Å². The molecule has 7 nitrogen and oxygen atoms in total. The molecule has 2 aromatic carbocycles. The second kappa shape index (κ2) is 9.14. The summed E-state index contributed by atoms with van der Waals surface area (Å²) in [5.74, 6) is 1.12. The first-order chi connectivity index (χ1) is 14.1. The molecule has 7 heteroatoms. The molecule has 3 aromatic rings. The predicted octanol–water partition coefficient (Wildman–Crippen LogP) is 3.40. The molecule has 3 rings (SSSR count). The van der Waals surface area contributed by atoms with Crippen LogP contribution in [0.1, 0.15) is 11.1 Å². The van der Waals surface area contributed by atoms with E-state index in [1.54, 1.807) is 39.7 Å². The number of hydrogen-bond donors (Lipinski definition) is 1. The average Bonchev–Trinajstić information content (AvgIpc) is 3.17. The van der Waals surface area contributed by atoms with Gasteiger partial charge in [-0.25, -0.2) is 4.79 Å². The highest BCUT2D eigenvalue weighted by Crippen LogP contribution is 2.37. The molecule has 0 aliphatic rings. The first-order valence-corrected chi connectivity index (χ1v) is 9.07. The third-order valence-corrected chi connectivity index (χ3v) is 4.65. The lowest BCUT2D eigenvalue weighted by molar-refractivity contribution is -0.142. The molecule has 1 N–H and O–H groups in total. The third-order valence-electron chi connectivity index (χ3n) is 4.65. The maximum absolute atomic E-state index is 12.3. The average molecular weight is 396 g/mol. The Morgan fingerprint density at radius 1 is 1.07 bits per heavy atom. The molecule has 0 spiro atoms. The number of esters is 1. The van der Waals surface area contributed by atoms with Crippen LogP contribution in [0.3, 0.4) is 0 Å². The van der Waals surface area contributed by atoms with Gasteiger partial charge in [0.1, 0.15) is 0 Å². The Bertz CT molecular complexity index is 1000. The molecule has 0 unspecified atom stereocenters. The van der Waals surface area contributed by atoms with E-state index in [1.165, 1.54) is 7.11 Å². The fourth-order valence-corrected chi connectivity index (χ4v) is 3.19. The number of ether oxygens (including phenoxy) is 4. The number of aromatic amines is 1. The largest absolute Gasteiger partial charge is 0.493 e. The van der Waals surface area contributed by atoms with Crippen molar-refractivity contribution in [2.75, 3.05) is 28.4 Å². The summed E-state index contributed by atoms with van der Waals surface area (Å²) in [5.41, 5.74) is 2.73. The number of hydrogen-bond acceptors (Lipinski definition) is 6. The fraction of sp³-hybridized carbons (Fsp3) is 0.273. The van der Waals surface area contributed by atoms with Gasteiger partial charge >= 0.3 is 5.97 Å². The van der Waals surface area contributed by atoms with Crippen molar-refractivity contribution in [1.29, 1.82) is 0 Å². The number of nitrogens with one attached hydrogen (secondary N) is 1. The van der Waals surface area contributed by atoms with E-state index in [4.69, 9.17) is 18.9 Å². The molecule has 0 amide bonds. The summed E-state index contributed by atoms with van der Waals surface area (Å²) in [4.78, 5) is 20.0. The SMILES string of the molecule is COC(=O)[C@H](Cc1c[nH]c2ccccc12)N=Cc1cc(OC)c(OC)c(OC)c1. The molecular weight excluding hydrogens is 372 g/mol. The zero-order chi connectivity index (χ0) is 20.8. The van der Waals surface area contributed by atoms with E-state index < -0.39 is 12.0 Å². The van der Waals surface area contributed by atoms with Gasteiger partial charge in [0.2, 0.25) is 5.75 Å². The zero-order valence-corrected chi connectivity index (χ0v) is 16.9. The lowest BCUT2D eigenvalue weighted by atomic mass is 10.1. The number of carbonyl (C=O) groups is 1. The number of nitrogens with zero attached hydrogens (tertiary/aromatic N) is 1. The molecule has 0 aliphatic carbocycles. The van der Waals surface area contributed by atoms with Crippen LogP contribution in [0.2, 0.25) is 0 Å². The van der Waals surface area contributed by atoms with Crippen molar-refractivity contribution < 1.29 is 23.7 Å². The van der Waals surface area contributed by atoms with Gasteiger partial charge in [0, 0.05) is 29.7 Å². The van der Waals surface area contributed by atoms with Crippen molar-refractivity contribution >= 4 is 23.1 Å². The number of fused-ring (bicyclic) bond motifs is 1. The van der Waals surface area contributed by atoms with Crippen LogP contribution in [0.4, 0.5) is 0 Å². The van der Waals surface area contributed by atoms with Gasteiger partial charge in [-0.1, -0.05) is 18.2 Å². The predicted molar refractivity (Wildman–Crippen MR) is 111 cm³/mol. The highest BCUT2D eigenvalue weighted by Gasteiger charge is 2.20. The monoisotopic (exact) mass is 396 g/mol. The molecule has 0 fully saturated rings. The molecule has 152 valence electrons. The number of rotatable bonds is 8. The van der Waals surface area contributed by atoms with Crippen LogP contribution in [-0.2, 0) is 16.0 Å². The maximum atomic E-state index is 12.3. The molecule has 0 saturated carbocycles. The molecule has 1 atom stereocenters. The van der Waals surface area contributed by atoms with Gasteiger partial charge < -0.3 is 23.9 Å². The summed E-state index contributed by atoms with van der Waals surface area (Å²) in [6.45, 7) is 0. The molecule has 0 aliphatic heterocycles.